The third-order valence-electron chi connectivity index (χ3n) is 6.00. The van der Waals surface area contributed by atoms with Gasteiger partial charge in [-0.2, -0.15) is 14.5 Å². The number of aryl methyl sites for hydroxylation is 3. The van der Waals surface area contributed by atoms with Crippen LogP contribution in [0.5, 0.6) is 5.75 Å². The zero-order valence-corrected chi connectivity index (χ0v) is 19.1. The van der Waals surface area contributed by atoms with Crippen molar-refractivity contribution in [3.63, 3.8) is 0 Å². The van der Waals surface area contributed by atoms with Crippen LogP contribution in [0.25, 0.3) is 16.9 Å². The number of hydrogen-bond donors (Lipinski definition) is 0. The molecule has 0 N–H and O–H groups in total. The number of tetrazole rings is 1. The Hall–Kier alpha value is -3.82. The van der Waals surface area contributed by atoms with E-state index in [0.717, 1.165) is 39.8 Å². The molecule has 4 aromatic rings. The maximum Gasteiger partial charge on any atom is 0.368 e. The van der Waals surface area contributed by atoms with Gasteiger partial charge in [0.15, 0.2) is 0 Å². The van der Waals surface area contributed by atoms with E-state index >= 15 is 0 Å². The van der Waals surface area contributed by atoms with Crippen molar-refractivity contribution in [2.24, 2.45) is 7.05 Å². The van der Waals surface area contributed by atoms with Gasteiger partial charge < -0.3 is 4.74 Å². The van der Waals surface area contributed by atoms with Gasteiger partial charge in [0.05, 0.1) is 17.4 Å². The van der Waals surface area contributed by atoms with Gasteiger partial charge in [0.25, 0.3) is 6.43 Å². The van der Waals surface area contributed by atoms with Gasteiger partial charge in [-0.05, 0) is 72.5 Å². The molecule has 0 amide bonds. The smallest absolute Gasteiger partial charge is 0.368 e. The predicted molar refractivity (Wildman–Crippen MR) is 121 cm³/mol. The van der Waals surface area contributed by atoms with Crippen molar-refractivity contribution in [3.05, 3.63) is 75.3 Å². The number of hydrogen-bond acceptors (Lipinski definition) is 5. The minimum atomic E-state index is -2.56. The van der Waals surface area contributed by atoms with E-state index in [9.17, 15) is 13.6 Å². The van der Waals surface area contributed by atoms with Crippen molar-refractivity contribution >= 4 is 0 Å². The summed E-state index contributed by atoms with van der Waals surface area (Å²) >= 11 is 0. The van der Waals surface area contributed by atoms with Crippen molar-refractivity contribution in [2.45, 2.75) is 45.8 Å². The lowest BCUT2D eigenvalue weighted by molar-refractivity contribution is 0.139. The summed E-state index contributed by atoms with van der Waals surface area (Å²) in [6.07, 6.45) is -0.797. The van der Waals surface area contributed by atoms with Crippen LogP contribution in [0.1, 0.15) is 47.7 Å². The van der Waals surface area contributed by atoms with Crippen LogP contribution in [0.3, 0.4) is 0 Å². The molecule has 0 spiro atoms. The highest BCUT2D eigenvalue weighted by Crippen LogP contribution is 2.40. The largest absolute Gasteiger partial charge is 0.489 e. The molecule has 2 heterocycles. The van der Waals surface area contributed by atoms with Crippen LogP contribution in [-0.2, 0) is 13.7 Å². The Morgan fingerprint density at radius 3 is 2.53 bits per heavy atom. The molecule has 10 heteroatoms. The number of halogens is 2. The quantitative estimate of drug-likeness (QED) is 0.406. The summed E-state index contributed by atoms with van der Waals surface area (Å²) in [6.45, 7) is 4.03. The Morgan fingerprint density at radius 1 is 1.09 bits per heavy atom. The molecule has 0 bridgehead atoms. The summed E-state index contributed by atoms with van der Waals surface area (Å²) in [7, 11) is 1.54. The number of benzene rings is 2. The fourth-order valence-electron chi connectivity index (χ4n) is 4.00. The highest BCUT2D eigenvalue weighted by atomic mass is 19.3. The molecule has 5 rings (SSSR count). The highest BCUT2D eigenvalue weighted by molar-refractivity contribution is 5.67. The van der Waals surface area contributed by atoms with Crippen LogP contribution in [-0.4, -0.2) is 29.6 Å². The predicted octanol–water partition coefficient (Wildman–Crippen LogP) is 4.30. The summed E-state index contributed by atoms with van der Waals surface area (Å²) in [5.41, 5.74) is 4.06. The van der Waals surface area contributed by atoms with Gasteiger partial charge >= 0.3 is 5.69 Å². The molecule has 176 valence electrons. The first-order valence-electron chi connectivity index (χ1n) is 11.0. The first kappa shape index (κ1) is 22.0. The number of rotatable bonds is 7. The number of ether oxygens (including phenoxy) is 1. The molecule has 0 unspecified atom stereocenters. The van der Waals surface area contributed by atoms with Gasteiger partial charge in [0, 0.05) is 18.2 Å². The minimum absolute atomic E-state index is 0.0364. The van der Waals surface area contributed by atoms with Gasteiger partial charge in [-0.15, -0.1) is 0 Å². The molecule has 1 saturated carbocycles. The average molecular weight is 466 g/mol. The summed E-state index contributed by atoms with van der Waals surface area (Å²) in [6, 6.07) is 12.7. The molecule has 1 aliphatic carbocycles. The third kappa shape index (κ3) is 4.00. The van der Waals surface area contributed by atoms with Crippen molar-refractivity contribution < 1.29 is 13.5 Å². The Kier molecular flexibility index (Phi) is 5.51. The lowest BCUT2D eigenvalue weighted by atomic mass is 10.0. The van der Waals surface area contributed by atoms with Crippen LogP contribution in [0, 0.1) is 13.8 Å². The van der Waals surface area contributed by atoms with E-state index in [0.29, 0.717) is 17.1 Å². The molecular weight excluding hydrogens is 442 g/mol. The van der Waals surface area contributed by atoms with Crippen molar-refractivity contribution in [3.8, 4) is 22.7 Å². The van der Waals surface area contributed by atoms with E-state index in [2.05, 4.69) is 15.5 Å². The fraction of sp³-hybridized carbons (Fsp3) is 0.333. The molecule has 1 fully saturated rings. The van der Waals surface area contributed by atoms with E-state index < -0.39 is 6.43 Å². The average Bonchev–Trinajstić information content (AvgIpc) is 3.48. The van der Waals surface area contributed by atoms with E-state index in [-0.39, 0.29) is 24.0 Å². The molecule has 0 atom stereocenters. The zero-order valence-electron chi connectivity index (χ0n) is 19.1. The molecule has 1 aliphatic rings. The van der Waals surface area contributed by atoms with Crippen molar-refractivity contribution in [1.29, 1.82) is 0 Å². The Morgan fingerprint density at radius 2 is 1.85 bits per heavy atom. The van der Waals surface area contributed by atoms with Gasteiger partial charge in [-0.1, -0.05) is 18.2 Å². The number of para-hydroxylation sites is 1. The molecule has 2 aromatic carbocycles. The number of aromatic nitrogens is 6. The monoisotopic (exact) mass is 466 g/mol. The molecule has 0 saturated heterocycles. The van der Waals surface area contributed by atoms with Crippen molar-refractivity contribution in [2.75, 3.05) is 0 Å². The normalized spacial score (nSPS) is 13.6. The zero-order chi connectivity index (χ0) is 24.0. The standard InChI is InChI=1S/C24H24F2N6O2/c1-14-11-22(34-13-16-6-4-5-7-20(16)32-24(33)30(3)28-29-32)15(2)10-18(14)19-12-21(23(25)26)31(27-19)17-8-9-17/h4-7,10-12,17,23H,8-9,13H2,1-3H3. The van der Waals surface area contributed by atoms with Crippen LogP contribution >= 0.6 is 0 Å². The molecule has 0 radical (unpaired) electrons. The van der Waals surface area contributed by atoms with E-state index in [4.69, 9.17) is 4.74 Å². The SMILES string of the molecule is Cc1cc(-c2cc(C(F)F)n(C3CC3)n2)c(C)cc1OCc1ccccc1-n1nnn(C)c1=O. The van der Waals surface area contributed by atoms with E-state index in [1.165, 1.54) is 22.5 Å². The maximum atomic E-state index is 13.5. The summed E-state index contributed by atoms with van der Waals surface area (Å²) in [5, 5.41) is 12.2. The lowest BCUT2D eigenvalue weighted by Crippen LogP contribution is -2.23. The Balaban J connectivity index is 1.42. The van der Waals surface area contributed by atoms with Crippen LogP contribution in [0.4, 0.5) is 8.78 Å². The summed E-state index contributed by atoms with van der Waals surface area (Å²) in [5.74, 6) is 0.665. The fourth-order valence-corrected chi connectivity index (χ4v) is 4.00. The number of alkyl halides is 2. The highest BCUT2D eigenvalue weighted by Gasteiger charge is 2.30. The second-order valence-corrected chi connectivity index (χ2v) is 8.58. The van der Waals surface area contributed by atoms with Crippen LogP contribution in [0.15, 0.2) is 47.3 Å². The first-order chi connectivity index (χ1) is 16.3. The Bertz CT molecular complexity index is 1400. The molecular formula is C24H24F2N6O2. The summed E-state index contributed by atoms with van der Waals surface area (Å²) < 4.78 is 37.0. The third-order valence-corrected chi connectivity index (χ3v) is 6.00. The molecule has 8 nitrogen and oxygen atoms in total. The maximum absolute atomic E-state index is 13.5. The first-order valence-corrected chi connectivity index (χ1v) is 11.0. The van der Waals surface area contributed by atoms with Crippen molar-refractivity contribution in [1.82, 2.24) is 29.6 Å². The second-order valence-electron chi connectivity index (χ2n) is 8.58. The second kappa shape index (κ2) is 8.51. The number of nitrogens with zero attached hydrogens (tertiary/aromatic N) is 6. The van der Waals surface area contributed by atoms with E-state index in [1.807, 2.05) is 44.2 Å². The van der Waals surface area contributed by atoms with Crippen LogP contribution in [0.2, 0.25) is 0 Å². The van der Waals surface area contributed by atoms with E-state index in [1.54, 1.807) is 6.07 Å². The van der Waals surface area contributed by atoms with Gasteiger partial charge in [0.2, 0.25) is 0 Å². The minimum Gasteiger partial charge on any atom is -0.489 e. The molecule has 34 heavy (non-hydrogen) atoms. The van der Waals surface area contributed by atoms with Gasteiger partial charge in [-0.25, -0.2) is 13.6 Å². The van der Waals surface area contributed by atoms with Crippen LogP contribution < -0.4 is 10.4 Å². The topological polar surface area (TPSA) is 79.8 Å². The van der Waals surface area contributed by atoms with Gasteiger partial charge in [0.1, 0.15) is 18.1 Å². The Labute approximate surface area is 194 Å². The molecule has 0 aliphatic heterocycles. The lowest BCUT2D eigenvalue weighted by Gasteiger charge is -2.14. The van der Waals surface area contributed by atoms with Gasteiger partial charge in [-0.3, -0.25) is 4.68 Å². The molecule has 2 aromatic heterocycles. The summed E-state index contributed by atoms with van der Waals surface area (Å²) in [4.78, 5) is 12.3.